The number of amides is 1. The summed E-state index contributed by atoms with van der Waals surface area (Å²) < 4.78 is 53.0. The van der Waals surface area contributed by atoms with E-state index in [1.165, 1.54) is 0 Å². The predicted molar refractivity (Wildman–Crippen MR) is 142 cm³/mol. The molecule has 0 radical (unpaired) electrons. The van der Waals surface area contributed by atoms with Crippen LogP contribution >= 0.6 is 0 Å². The first-order valence-electron chi connectivity index (χ1n) is 13.2. The standard InChI is InChI=1S/C26H49NO12/c1-5-24(28)38-23-22-37-21-20-36-19-18-35-17-16-34-15-14-33-13-12-32-11-10-31-9-8-30-7-6-27-25(29)39-26(2,3)4/h5H,1,6-23H2,2-4H3,(H,27,29). The number of ether oxygens (including phenoxy) is 10. The second-order valence-corrected chi connectivity index (χ2v) is 8.70. The maximum atomic E-state index is 11.5. The molecule has 0 rings (SSSR count). The van der Waals surface area contributed by atoms with Crippen LogP contribution in [0.1, 0.15) is 20.8 Å². The van der Waals surface area contributed by atoms with Crippen LogP contribution < -0.4 is 5.32 Å². The Labute approximate surface area is 232 Å². The molecule has 39 heavy (non-hydrogen) atoms. The quantitative estimate of drug-likeness (QED) is 0.0830. The van der Waals surface area contributed by atoms with Crippen molar-refractivity contribution in [3.63, 3.8) is 0 Å². The molecule has 0 aromatic heterocycles. The SMILES string of the molecule is C=CC(=O)OCCOCCOCCOCCOCCOCCOCCOCCOCCNC(=O)OC(C)(C)C. The van der Waals surface area contributed by atoms with Gasteiger partial charge >= 0.3 is 12.1 Å². The Hall–Kier alpha value is -1.84. The molecule has 0 aliphatic rings. The van der Waals surface area contributed by atoms with Gasteiger partial charge < -0.3 is 52.7 Å². The predicted octanol–water partition coefficient (Wildman–Crippen LogP) is 1.37. The van der Waals surface area contributed by atoms with Crippen LogP contribution in [0.2, 0.25) is 0 Å². The van der Waals surface area contributed by atoms with Crippen molar-refractivity contribution in [1.29, 1.82) is 0 Å². The summed E-state index contributed by atoms with van der Waals surface area (Å²) in [7, 11) is 0. The maximum Gasteiger partial charge on any atom is 0.407 e. The number of carbonyl (C=O) groups is 2. The summed E-state index contributed by atoms with van der Waals surface area (Å²) in [6, 6.07) is 0. The average Bonchev–Trinajstić information content (AvgIpc) is 2.89. The molecule has 0 aromatic carbocycles. The van der Waals surface area contributed by atoms with Gasteiger partial charge in [0.1, 0.15) is 12.2 Å². The fraction of sp³-hybridized carbons (Fsp3) is 0.846. The van der Waals surface area contributed by atoms with Crippen LogP contribution in [-0.2, 0) is 52.2 Å². The van der Waals surface area contributed by atoms with Crippen molar-refractivity contribution in [2.24, 2.45) is 0 Å². The normalized spacial score (nSPS) is 11.4. The average molecular weight is 568 g/mol. The lowest BCUT2D eigenvalue weighted by atomic mass is 10.2. The first-order valence-corrected chi connectivity index (χ1v) is 13.2. The molecule has 0 heterocycles. The Balaban J connectivity index is 3.12. The van der Waals surface area contributed by atoms with Gasteiger partial charge in [-0.15, -0.1) is 0 Å². The topological polar surface area (TPSA) is 138 Å². The highest BCUT2D eigenvalue weighted by molar-refractivity contribution is 5.81. The molecule has 0 fully saturated rings. The fourth-order valence-corrected chi connectivity index (χ4v) is 2.44. The Kier molecular flexibility index (Phi) is 26.4. The summed E-state index contributed by atoms with van der Waals surface area (Å²) in [4.78, 5) is 22.3. The molecule has 1 N–H and O–H groups in total. The first-order chi connectivity index (χ1) is 18.8. The molecule has 0 aliphatic carbocycles. The van der Waals surface area contributed by atoms with Crippen molar-refractivity contribution in [1.82, 2.24) is 5.32 Å². The minimum Gasteiger partial charge on any atom is -0.460 e. The van der Waals surface area contributed by atoms with E-state index in [9.17, 15) is 9.59 Å². The largest absolute Gasteiger partial charge is 0.460 e. The third-order valence-electron chi connectivity index (χ3n) is 4.16. The van der Waals surface area contributed by atoms with Crippen LogP contribution in [0.3, 0.4) is 0 Å². The van der Waals surface area contributed by atoms with Gasteiger partial charge in [-0.25, -0.2) is 9.59 Å². The monoisotopic (exact) mass is 567 g/mol. The number of carbonyl (C=O) groups excluding carboxylic acids is 2. The molecular formula is C26H49NO12. The van der Waals surface area contributed by atoms with Crippen molar-refractivity contribution in [3.05, 3.63) is 12.7 Å². The zero-order chi connectivity index (χ0) is 28.9. The Morgan fingerprint density at radius 3 is 1.18 bits per heavy atom. The van der Waals surface area contributed by atoms with Gasteiger partial charge in [0, 0.05) is 12.6 Å². The molecular weight excluding hydrogens is 518 g/mol. The van der Waals surface area contributed by atoms with Crippen molar-refractivity contribution in [2.45, 2.75) is 26.4 Å². The van der Waals surface area contributed by atoms with Gasteiger partial charge in [-0.3, -0.25) is 0 Å². The van der Waals surface area contributed by atoms with Crippen LogP contribution in [0.4, 0.5) is 4.79 Å². The lowest BCUT2D eigenvalue weighted by Gasteiger charge is -2.19. The molecule has 0 unspecified atom stereocenters. The minimum atomic E-state index is -0.512. The number of hydrogen-bond acceptors (Lipinski definition) is 12. The van der Waals surface area contributed by atoms with Gasteiger partial charge in [0.2, 0.25) is 0 Å². The van der Waals surface area contributed by atoms with Crippen molar-refractivity contribution >= 4 is 12.1 Å². The van der Waals surface area contributed by atoms with Gasteiger partial charge in [0.15, 0.2) is 0 Å². The Bertz CT molecular complexity index is 586. The van der Waals surface area contributed by atoms with E-state index in [2.05, 4.69) is 11.9 Å². The minimum absolute atomic E-state index is 0.195. The molecule has 0 saturated carbocycles. The summed E-state index contributed by atoms with van der Waals surface area (Å²) >= 11 is 0. The van der Waals surface area contributed by atoms with Crippen molar-refractivity contribution in [3.8, 4) is 0 Å². The number of nitrogens with one attached hydrogen (secondary N) is 1. The first kappa shape index (κ1) is 37.2. The second kappa shape index (κ2) is 27.7. The van der Waals surface area contributed by atoms with Crippen LogP contribution in [0.5, 0.6) is 0 Å². The number of rotatable bonds is 28. The third kappa shape index (κ3) is 32.3. The van der Waals surface area contributed by atoms with Crippen molar-refractivity contribution in [2.75, 3.05) is 119 Å². The summed E-state index contributed by atoms with van der Waals surface area (Å²) in [5.41, 5.74) is -0.512. The lowest BCUT2D eigenvalue weighted by Crippen LogP contribution is -2.34. The summed E-state index contributed by atoms with van der Waals surface area (Å²) in [6.07, 6.45) is 0.655. The fourth-order valence-electron chi connectivity index (χ4n) is 2.44. The smallest absolute Gasteiger partial charge is 0.407 e. The van der Waals surface area contributed by atoms with Crippen molar-refractivity contribution < 1.29 is 57.0 Å². The number of esters is 1. The zero-order valence-corrected chi connectivity index (χ0v) is 23.9. The summed E-state index contributed by atoms with van der Waals surface area (Å²) in [5, 5.41) is 2.62. The molecule has 0 spiro atoms. The van der Waals surface area contributed by atoms with E-state index < -0.39 is 17.7 Å². The van der Waals surface area contributed by atoms with Gasteiger partial charge in [-0.2, -0.15) is 0 Å². The maximum absolute atomic E-state index is 11.5. The molecule has 230 valence electrons. The Morgan fingerprint density at radius 1 is 0.564 bits per heavy atom. The Morgan fingerprint density at radius 2 is 0.872 bits per heavy atom. The molecule has 0 aromatic rings. The molecule has 13 nitrogen and oxygen atoms in total. The van der Waals surface area contributed by atoms with E-state index in [0.29, 0.717) is 112 Å². The highest BCUT2D eigenvalue weighted by atomic mass is 16.6. The van der Waals surface area contributed by atoms with E-state index >= 15 is 0 Å². The third-order valence-corrected chi connectivity index (χ3v) is 4.16. The molecule has 0 aliphatic heterocycles. The summed E-state index contributed by atoms with van der Waals surface area (Å²) in [6.45, 7) is 16.5. The number of alkyl carbamates (subject to hydrolysis) is 1. The van der Waals surface area contributed by atoms with Crippen LogP contribution in [0, 0.1) is 0 Å². The second-order valence-electron chi connectivity index (χ2n) is 8.70. The number of hydrogen-bond donors (Lipinski definition) is 1. The summed E-state index contributed by atoms with van der Waals surface area (Å²) in [5.74, 6) is -0.462. The van der Waals surface area contributed by atoms with E-state index in [4.69, 9.17) is 47.4 Å². The zero-order valence-electron chi connectivity index (χ0n) is 23.9. The molecule has 1 amide bonds. The van der Waals surface area contributed by atoms with Gasteiger partial charge in [-0.05, 0) is 20.8 Å². The highest BCUT2D eigenvalue weighted by Gasteiger charge is 2.15. The lowest BCUT2D eigenvalue weighted by molar-refractivity contribution is -0.139. The molecule has 0 saturated heterocycles. The van der Waals surface area contributed by atoms with Gasteiger partial charge in [-0.1, -0.05) is 6.58 Å². The van der Waals surface area contributed by atoms with Crippen LogP contribution in [-0.4, -0.2) is 137 Å². The van der Waals surface area contributed by atoms with Crippen LogP contribution in [0.15, 0.2) is 12.7 Å². The van der Waals surface area contributed by atoms with E-state index in [1.807, 2.05) is 20.8 Å². The van der Waals surface area contributed by atoms with Crippen LogP contribution in [0.25, 0.3) is 0 Å². The van der Waals surface area contributed by atoms with Gasteiger partial charge in [0.25, 0.3) is 0 Å². The highest BCUT2D eigenvalue weighted by Crippen LogP contribution is 2.06. The molecule has 13 heteroatoms. The van der Waals surface area contributed by atoms with Gasteiger partial charge in [0.05, 0.1) is 106 Å². The van der Waals surface area contributed by atoms with E-state index in [1.54, 1.807) is 0 Å². The van der Waals surface area contributed by atoms with E-state index in [0.717, 1.165) is 6.08 Å². The molecule has 0 atom stereocenters. The molecule has 0 bridgehead atoms. The van der Waals surface area contributed by atoms with E-state index in [-0.39, 0.29) is 6.61 Å².